The van der Waals surface area contributed by atoms with Gasteiger partial charge in [-0.1, -0.05) is 30.3 Å². The van der Waals surface area contributed by atoms with Crippen molar-refractivity contribution in [2.24, 2.45) is 0 Å². The highest BCUT2D eigenvalue weighted by Gasteiger charge is 2.33. The third kappa shape index (κ3) is 4.27. The monoisotopic (exact) mass is 441 g/mol. The van der Waals surface area contributed by atoms with Gasteiger partial charge in [0.1, 0.15) is 5.03 Å². The molecule has 0 radical (unpaired) electrons. The molecule has 0 spiro atoms. The maximum absolute atomic E-state index is 13.3. The maximum atomic E-state index is 13.3. The average molecular weight is 441 g/mol. The maximum Gasteiger partial charge on any atom is 0.418 e. The van der Waals surface area contributed by atoms with Crippen molar-refractivity contribution in [1.82, 2.24) is 19.7 Å². The lowest BCUT2D eigenvalue weighted by Crippen LogP contribution is -2.09. The number of aromatic nitrogens is 4. The molecule has 1 N–H and O–H groups in total. The fourth-order valence-electron chi connectivity index (χ4n) is 3.25. The first-order valence-corrected chi connectivity index (χ1v) is 10.6. The predicted molar refractivity (Wildman–Crippen MR) is 116 cm³/mol. The second kappa shape index (κ2) is 8.43. The standard InChI is InChI=1S/C22H18F3N5S/c1-14-19(20(31-2)29-30(14)15-8-4-3-5-9-15)18-12-13-26-21(28-18)27-17-11-7-6-10-16(17)22(23,24)25/h3-13H,1-2H3,(H,26,27,28). The van der Waals surface area contributed by atoms with Gasteiger partial charge in [-0.2, -0.15) is 18.3 Å². The molecule has 0 aliphatic heterocycles. The van der Waals surface area contributed by atoms with E-state index in [1.165, 1.54) is 36.2 Å². The van der Waals surface area contributed by atoms with Gasteiger partial charge in [0.25, 0.3) is 0 Å². The van der Waals surface area contributed by atoms with Crippen molar-refractivity contribution >= 4 is 23.4 Å². The first-order chi connectivity index (χ1) is 14.9. The van der Waals surface area contributed by atoms with E-state index < -0.39 is 11.7 Å². The molecule has 5 nitrogen and oxygen atoms in total. The molecule has 0 saturated carbocycles. The highest BCUT2D eigenvalue weighted by molar-refractivity contribution is 7.98. The number of alkyl halides is 3. The molecule has 9 heteroatoms. The first-order valence-electron chi connectivity index (χ1n) is 9.34. The molecular weight excluding hydrogens is 423 g/mol. The Morgan fingerprint density at radius 3 is 2.39 bits per heavy atom. The number of hydrogen-bond donors (Lipinski definition) is 1. The SMILES string of the molecule is CSc1nn(-c2ccccc2)c(C)c1-c1ccnc(Nc2ccccc2C(F)(F)F)n1. The quantitative estimate of drug-likeness (QED) is 0.378. The summed E-state index contributed by atoms with van der Waals surface area (Å²) in [6, 6.07) is 16.7. The lowest BCUT2D eigenvalue weighted by molar-refractivity contribution is -0.136. The molecule has 4 aromatic rings. The van der Waals surface area contributed by atoms with Crippen LogP contribution in [0.1, 0.15) is 11.3 Å². The van der Waals surface area contributed by atoms with Crippen LogP contribution in [0.4, 0.5) is 24.8 Å². The summed E-state index contributed by atoms with van der Waals surface area (Å²) in [4.78, 5) is 8.59. The summed E-state index contributed by atoms with van der Waals surface area (Å²) in [5.41, 5.74) is 2.29. The van der Waals surface area contributed by atoms with Gasteiger partial charge in [-0.15, -0.1) is 11.8 Å². The molecule has 4 rings (SSSR count). The number of para-hydroxylation sites is 2. The van der Waals surface area contributed by atoms with Gasteiger partial charge in [0.2, 0.25) is 5.95 Å². The van der Waals surface area contributed by atoms with E-state index in [0.29, 0.717) is 5.69 Å². The van der Waals surface area contributed by atoms with Crippen LogP contribution in [-0.4, -0.2) is 26.0 Å². The zero-order valence-corrected chi connectivity index (χ0v) is 17.5. The summed E-state index contributed by atoms with van der Waals surface area (Å²) in [6.45, 7) is 1.93. The van der Waals surface area contributed by atoms with Gasteiger partial charge in [-0.3, -0.25) is 0 Å². The Labute approximate surface area is 181 Å². The van der Waals surface area contributed by atoms with Crippen LogP contribution in [0.15, 0.2) is 71.9 Å². The molecule has 2 aromatic heterocycles. The van der Waals surface area contributed by atoms with Crippen LogP contribution >= 0.6 is 11.8 Å². The van der Waals surface area contributed by atoms with Crippen molar-refractivity contribution in [3.63, 3.8) is 0 Å². The summed E-state index contributed by atoms with van der Waals surface area (Å²) in [5.74, 6) is 0.0770. The number of nitrogens with zero attached hydrogens (tertiary/aromatic N) is 4. The molecule has 0 aliphatic carbocycles. The van der Waals surface area contributed by atoms with E-state index in [4.69, 9.17) is 0 Å². The molecule has 0 unspecified atom stereocenters. The van der Waals surface area contributed by atoms with E-state index in [-0.39, 0.29) is 11.6 Å². The van der Waals surface area contributed by atoms with E-state index in [1.54, 1.807) is 6.07 Å². The van der Waals surface area contributed by atoms with Crippen LogP contribution in [0.25, 0.3) is 16.9 Å². The van der Waals surface area contributed by atoms with E-state index in [2.05, 4.69) is 20.4 Å². The van der Waals surface area contributed by atoms with E-state index in [9.17, 15) is 13.2 Å². The lowest BCUT2D eigenvalue weighted by Gasteiger charge is -2.13. The molecule has 0 saturated heterocycles. The van der Waals surface area contributed by atoms with E-state index in [1.807, 2.05) is 48.2 Å². The number of rotatable bonds is 5. The van der Waals surface area contributed by atoms with E-state index in [0.717, 1.165) is 28.0 Å². The van der Waals surface area contributed by atoms with Crippen LogP contribution < -0.4 is 5.32 Å². The fourth-order valence-corrected chi connectivity index (χ4v) is 3.87. The summed E-state index contributed by atoms with van der Waals surface area (Å²) >= 11 is 1.47. The molecule has 2 aromatic carbocycles. The van der Waals surface area contributed by atoms with Gasteiger partial charge < -0.3 is 5.32 Å². The third-order valence-corrected chi connectivity index (χ3v) is 5.34. The highest BCUT2D eigenvalue weighted by Crippen LogP contribution is 2.36. The average Bonchev–Trinajstić information content (AvgIpc) is 3.10. The largest absolute Gasteiger partial charge is 0.418 e. The van der Waals surface area contributed by atoms with Crippen molar-refractivity contribution in [2.75, 3.05) is 11.6 Å². The second-order valence-electron chi connectivity index (χ2n) is 6.65. The number of nitrogens with one attached hydrogen (secondary N) is 1. The molecule has 0 fully saturated rings. The molecule has 2 heterocycles. The van der Waals surface area contributed by atoms with Crippen LogP contribution in [-0.2, 0) is 6.18 Å². The number of benzene rings is 2. The summed E-state index contributed by atoms with van der Waals surface area (Å²) in [5, 5.41) is 8.16. The highest BCUT2D eigenvalue weighted by atomic mass is 32.2. The van der Waals surface area contributed by atoms with Crippen molar-refractivity contribution in [3.05, 3.63) is 78.1 Å². The van der Waals surface area contributed by atoms with Crippen molar-refractivity contribution in [3.8, 4) is 16.9 Å². The van der Waals surface area contributed by atoms with Gasteiger partial charge in [0.15, 0.2) is 0 Å². The molecule has 0 atom stereocenters. The van der Waals surface area contributed by atoms with Crippen molar-refractivity contribution in [1.29, 1.82) is 0 Å². The summed E-state index contributed by atoms with van der Waals surface area (Å²) in [7, 11) is 0. The molecule has 0 aliphatic rings. The fraction of sp³-hybridized carbons (Fsp3) is 0.136. The lowest BCUT2D eigenvalue weighted by atomic mass is 10.1. The minimum Gasteiger partial charge on any atom is -0.324 e. The zero-order valence-electron chi connectivity index (χ0n) is 16.7. The van der Waals surface area contributed by atoms with Gasteiger partial charge >= 0.3 is 6.18 Å². The summed E-state index contributed by atoms with van der Waals surface area (Å²) in [6.07, 6.45) is -1.05. The molecule has 0 bridgehead atoms. The Balaban J connectivity index is 1.74. The van der Waals surface area contributed by atoms with Gasteiger partial charge in [0.05, 0.1) is 33.9 Å². The molecule has 158 valence electrons. The topological polar surface area (TPSA) is 55.6 Å². The van der Waals surface area contributed by atoms with Crippen LogP contribution in [0.2, 0.25) is 0 Å². The third-order valence-electron chi connectivity index (χ3n) is 4.67. The normalized spacial score (nSPS) is 11.5. The number of anilines is 2. The van der Waals surface area contributed by atoms with Gasteiger partial charge in [-0.05, 0) is 43.5 Å². The number of hydrogen-bond acceptors (Lipinski definition) is 5. The molecule has 0 amide bonds. The van der Waals surface area contributed by atoms with Crippen LogP contribution in [0, 0.1) is 6.92 Å². The Morgan fingerprint density at radius 1 is 0.968 bits per heavy atom. The molecular formula is C22H18F3N5S. The number of halogens is 3. The number of thioether (sulfide) groups is 1. The van der Waals surface area contributed by atoms with Crippen LogP contribution in [0.5, 0.6) is 0 Å². The smallest absolute Gasteiger partial charge is 0.324 e. The van der Waals surface area contributed by atoms with Crippen molar-refractivity contribution < 1.29 is 13.2 Å². The van der Waals surface area contributed by atoms with Gasteiger partial charge in [-0.25, -0.2) is 14.6 Å². The van der Waals surface area contributed by atoms with Crippen molar-refractivity contribution in [2.45, 2.75) is 18.1 Å². The van der Waals surface area contributed by atoms with Gasteiger partial charge in [0, 0.05) is 6.20 Å². The predicted octanol–water partition coefficient (Wildman–Crippen LogP) is 6.12. The zero-order chi connectivity index (χ0) is 22.0. The Kier molecular flexibility index (Phi) is 5.69. The molecule has 31 heavy (non-hydrogen) atoms. The second-order valence-corrected chi connectivity index (χ2v) is 7.45. The van der Waals surface area contributed by atoms with E-state index >= 15 is 0 Å². The first kappa shape index (κ1) is 20.9. The summed E-state index contributed by atoms with van der Waals surface area (Å²) < 4.78 is 41.8. The van der Waals surface area contributed by atoms with Crippen LogP contribution in [0.3, 0.4) is 0 Å². The Bertz CT molecular complexity index is 1210. The Hall–Kier alpha value is -3.33. The Morgan fingerprint density at radius 2 is 1.68 bits per heavy atom. The minimum atomic E-state index is -4.49. The minimum absolute atomic E-state index is 0.0770.